The molecular formula is C24H19F3N4O3. The fourth-order valence-corrected chi connectivity index (χ4v) is 4.40. The lowest BCUT2D eigenvalue weighted by molar-refractivity contribution is -0.141. The van der Waals surface area contributed by atoms with E-state index in [-0.39, 0.29) is 0 Å². The third kappa shape index (κ3) is 3.70. The molecule has 1 aliphatic carbocycles. The number of carbonyl (C=O) groups is 2. The number of para-hydroxylation sites is 1. The highest BCUT2D eigenvalue weighted by Crippen LogP contribution is 2.36. The second-order valence-corrected chi connectivity index (χ2v) is 7.98. The predicted molar refractivity (Wildman–Crippen MR) is 120 cm³/mol. The predicted octanol–water partition coefficient (Wildman–Crippen LogP) is 4.49. The van der Waals surface area contributed by atoms with Gasteiger partial charge in [-0.25, -0.2) is 10.2 Å². The number of aromatic amines is 1. The summed E-state index contributed by atoms with van der Waals surface area (Å²) in [6, 6.07) is 10.2. The molecule has 0 radical (unpaired) electrons. The van der Waals surface area contributed by atoms with Gasteiger partial charge in [0.05, 0.1) is 24.1 Å². The summed E-state index contributed by atoms with van der Waals surface area (Å²) in [5.74, 6) is -1.11. The van der Waals surface area contributed by atoms with Gasteiger partial charge in [0.2, 0.25) is 0 Å². The zero-order valence-electron chi connectivity index (χ0n) is 17.9. The minimum Gasteiger partial charge on any atom is -0.468 e. The van der Waals surface area contributed by atoms with Crippen molar-refractivity contribution >= 4 is 34.3 Å². The molecule has 1 aliphatic heterocycles. The Morgan fingerprint density at radius 3 is 2.76 bits per heavy atom. The van der Waals surface area contributed by atoms with Gasteiger partial charge in [-0.1, -0.05) is 24.3 Å². The number of hydrogen-bond donors (Lipinski definition) is 2. The number of hydrogen-bond acceptors (Lipinski definition) is 4. The number of fused-ring (bicyclic) bond motifs is 4. The number of hydrazine groups is 1. The van der Waals surface area contributed by atoms with E-state index < -0.39 is 29.7 Å². The number of rotatable bonds is 2. The number of aromatic nitrogens is 1. The molecule has 0 saturated heterocycles. The number of allylic oxidation sites excluding steroid dienone is 1. The van der Waals surface area contributed by atoms with Crippen molar-refractivity contribution < 1.29 is 27.5 Å². The Hall–Kier alpha value is -4.08. The number of esters is 1. The number of carbonyl (C=O) groups excluding carboxylic acids is 2. The van der Waals surface area contributed by atoms with Gasteiger partial charge in [-0.15, -0.1) is 0 Å². The molecule has 2 heterocycles. The van der Waals surface area contributed by atoms with Gasteiger partial charge in [0.15, 0.2) is 0 Å². The third-order valence-corrected chi connectivity index (χ3v) is 5.96. The summed E-state index contributed by atoms with van der Waals surface area (Å²) >= 11 is 0. The molecule has 1 atom stereocenters. The maximum atomic E-state index is 13.0. The van der Waals surface area contributed by atoms with E-state index in [0.717, 1.165) is 23.0 Å². The van der Waals surface area contributed by atoms with E-state index >= 15 is 0 Å². The zero-order chi connectivity index (χ0) is 24.0. The standard InChI is InChI=1S/C24H19F3N4O3/c1-34-22(32)16-7-8-18(20-15-4-2-3-5-17(15)28-21(16)20)29-23(33)30-31-11-10-13-12-14(24(25,26)27)6-9-19(13)31/h2-9,12,16,28H,10-11H2,1H3,(H,30,33). The van der Waals surface area contributed by atoms with Crippen LogP contribution in [0.15, 0.2) is 59.6 Å². The van der Waals surface area contributed by atoms with Crippen LogP contribution in [-0.4, -0.2) is 36.4 Å². The molecule has 1 unspecified atom stereocenters. The van der Waals surface area contributed by atoms with Crippen molar-refractivity contribution in [3.05, 3.63) is 77.0 Å². The highest BCUT2D eigenvalue weighted by Gasteiger charge is 2.33. The molecule has 2 amide bonds. The fourth-order valence-electron chi connectivity index (χ4n) is 4.40. The van der Waals surface area contributed by atoms with Crippen LogP contribution in [0.1, 0.15) is 28.3 Å². The second kappa shape index (κ2) is 8.05. The topological polar surface area (TPSA) is 86.8 Å². The van der Waals surface area contributed by atoms with Crippen LogP contribution in [-0.2, 0) is 22.1 Å². The lowest BCUT2D eigenvalue weighted by Crippen LogP contribution is -2.40. The summed E-state index contributed by atoms with van der Waals surface area (Å²) in [6.45, 7) is 0.325. The van der Waals surface area contributed by atoms with Crippen molar-refractivity contribution in [3.8, 4) is 0 Å². The summed E-state index contributed by atoms with van der Waals surface area (Å²) in [6.07, 6.45) is -0.857. The van der Waals surface area contributed by atoms with E-state index in [9.17, 15) is 22.8 Å². The Morgan fingerprint density at radius 2 is 2.00 bits per heavy atom. The van der Waals surface area contributed by atoms with Crippen LogP contribution >= 0.6 is 0 Å². The van der Waals surface area contributed by atoms with E-state index in [4.69, 9.17) is 4.74 Å². The fraction of sp³-hybridized carbons (Fsp3) is 0.208. The van der Waals surface area contributed by atoms with Crippen LogP contribution < -0.4 is 10.4 Å². The Bertz CT molecular complexity index is 1370. The number of ether oxygens (including phenoxy) is 1. The first-order valence-electron chi connectivity index (χ1n) is 10.5. The van der Waals surface area contributed by atoms with Crippen LogP contribution in [0.5, 0.6) is 0 Å². The van der Waals surface area contributed by atoms with Crippen molar-refractivity contribution in [1.82, 2.24) is 10.4 Å². The summed E-state index contributed by atoms with van der Waals surface area (Å²) < 4.78 is 43.9. The van der Waals surface area contributed by atoms with Gasteiger partial charge in [0.1, 0.15) is 5.92 Å². The number of amides is 2. The minimum atomic E-state index is -4.43. The number of halogens is 3. The van der Waals surface area contributed by atoms with Crippen molar-refractivity contribution in [1.29, 1.82) is 0 Å². The van der Waals surface area contributed by atoms with Gasteiger partial charge in [0, 0.05) is 28.7 Å². The summed E-state index contributed by atoms with van der Waals surface area (Å²) in [5.41, 5.74) is 5.27. The first-order chi connectivity index (χ1) is 16.3. The zero-order valence-corrected chi connectivity index (χ0v) is 17.9. The molecule has 0 spiro atoms. The average molecular weight is 468 g/mol. The number of alkyl halides is 3. The monoisotopic (exact) mass is 468 g/mol. The van der Waals surface area contributed by atoms with Crippen LogP contribution in [0, 0.1) is 0 Å². The normalized spacial score (nSPS) is 18.2. The molecule has 34 heavy (non-hydrogen) atoms. The molecule has 2 aliphatic rings. The van der Waals surface area contributed by atoms with E-state index in [0.29, 0.717) is 41.2 Å². The van der Waals surface area contributed by atoms with Crippen molar-refractivity contribution in [2.75, 3.05) is 18.7 Å². The molecule has 7 nitrogen and oxygen atoms in total. The van der Waals surface area contributed by atoms with Crippen LogP contribution in [0.4, 0.5) is 23.7 Å². The highest BCUT2D eigenvalue weighted by molar-refractivity contribution is 6.22. The molecule has 5 rings (SSSR count). The van der Waals surface area contributed by atoms with Gasteiger partial charge in [-0.3, -0.25) is 9.80 Å². The molecular weight excluding hydrogens is 449 g/mol. The van der Waals surface area contributed by atoms with Crippen LogP contribution in [0.2, 0.25) is 0 Å². The molecule has 0 saturated carbocycles. The van der Waals surface area contributed by atoms with Gasteiger partial charge >= 0.3 is 18.2 Å². The number of benzene rings is 2. The smallest absolute Gasteiger partial charge is 0.416 e. The van der Waals surface area contributed by atoms with E-state index in [2.05, 4.69) is 15.4 Å². The van der Waals surface area contributed by atoms with E-state index in [1.165, 1.54) is 18.2 Å². The first kappa shape index (κ1) is 21.7. The Kier molecular flexibility index (Phi) is 5.15. The number of nitrogens with zero attached hydrogens (tertiary/aromatic N) is 2. The SMILES string of the molecule is COC(=O)C1C=CC(=NC(=O)NN2CCc3cc(C(F)(F)F)ccc32)c2c1[nH]c1ccccc21. The van der Waals surface area contributed by atoms with Crippen LogP contribution in [0.3, 0.4) is 0 Å². The van der Waals surface area contributed by atoms with E-state index in [1.54, 1.807) is 12.2 Å². The Morgan fingerprint density at radius 1 is 1.21 bits per heavy atom. The maximum Gasteiger partial charge on any atom is 0.416 e. The van der Waals surface area contributed by atoms with E-state index in [1.807, 2.05) is 24.3 Å². The third-order valence-electron chi connectivity index (χ3n) is 5.96. The van der Waals surface area contributed by atoms with Crippen LogP contribution in [0.25, 0.3) is 10.9 Å². The summed E-state index contributed by atoms with van der Waals surface area (Å²) in [4.78, 5) is 32.5. The molecule has 2 aromatic carbocycles. The lowest BCUT2D eigenvalue weighted by atomic mass is 9.91. The van der Waals surface area contributed by atoms with Gasteiger partial charge in [0.25, 0.3) is 0 Å². The molecule has 0 bridgehead atoms. The molecule has 2 N–H and O–H groups in total. The number of methoxy groups -OCH3 is 1. The maximum absolute atomic E-state index is 13.0. The minimum absolute atomic E-state index is 0.325. The van der Waals surface area contributed by atoms with Crippen molar-refractivity contribution in [2.45, 2.75) is 18.5 Å². The number of aliphatic imine (C=N–C) groups is 1. The first-order valence-corrected chi connectivity index (χ1v) is 10.5. The number of H-pyrrole nitrogens is 1. The van der Waals surface area contributed by atoms with Crippen molar-refractivity contribution in [2.24, 2.45) is 4.99 Å². The number of nitrogens with one attached hydrogen (secondary N) is 2. The molecule has 1 aromatic heterocycles. The Balaban J connectivity index is 1.44. The number of urea groups is 1. The molecule has 10 heteroatoms. The average Bonchev–Trinajstić information content (AvgIpc) is 3.39. The quantitative estimate of drug-likeness (QED) is 0.543. The molecule has 0 fully saturated rings. The summed E-state index contributed by atoms with van der Waals surface area (Å²) in [7, 11) is 1.31. The summed E-state index contributed by atoms with van der Waals surface area (Å²) in [5, 5.41) is 2.29. The second-order valence-electron chi connectivity index (χ2n) is 7.98. The van der Waals surface area contributed by atoms with Gasteiger partial charge < -0.3 is 9.72 Å². The Labute approximate surface area is 191 Å². The molecule has 174 valence electrons. The number of anilines is 1. The highest BCUT2D eigenvalue weighted by atomic mass is 19.4. The van der Waals surface area contributed by atoms with Gasteiger partial charge in [-0.2, -0.15) is 18.2 Å². The largest absolute Gasteiger partial charge is 0.468 e. The van der Waals surface area contributed by atoms with Crippen molar-refractivity contribution in [3.63, 3.8) is 0 Å². The molecule has 3 aromatic rings. The van der Waals surface area contributed by atoms with Gasteiger partial charge in [-0.05, 0) is 42.3 Å². The lowest BCUT2D eigenvalue weighted by Gasteiger charge is -2.20.